The maximum atomic E-state index is 12.9. The summed E-state index contributed by atoms with van der Waals surface area (Å²) in [5, 5.41) is 0. The molecule has 0 aliphatic heterocycles. The standard InChI is InChI=1S/C70H116O6/c1-4-7-10-13-16-19-22-25-28-30-31-32-33-34-35-36-37-38-39-41-42-45-48-51-54-57-60-63-69(72)75-66-67(65-74-68(71)62-59-56-53-50-47-44-27-24-21-18-15-12-9-6-3)76-70(73)64-61-58-55-52-49-46-43-40-29-26-23-20-17-14-11-8-5-2/h7-8,10-11,16-17,19-20,25-26,28-29,31-32,34-35,37-38,43,46,67H,4-6,9,12-15,18,21-24,27,30,33,36,39-42,44-45,47-66H2,1-3H3/b10-7-,11-8-,19-16-,20-17-,28-25-,29-26-,32-31-,35-34-,38-37-,46-43-. The second kappa shape index (κ2) is 63.3. The Labute approximate surface area is 469 Å². The molecule has 0 spiro atoms. The highest BCUT2D eigenvalue weighted by Gasteiger charge is 2.19. The smallest absolute Gasteiger partial charge is 0.306 e. The highest BCUT2D eigenvalue weighted by molar-refractivity contribution is 5.71. The van der Waals surface area contributed by atoms with E-state index in [4.69, 9.17) is 14.2 Å². The number of carbonyl (C=O) groups excluding carboxylic acids is 3. The van der Waals surface area contributed by atoms with Crippen LogP contribution in [0, 0.1) is 0 Å². The van der Waals surface area contributed by atoms with Crippen LogP contribution in [-0.2, 0) is 28.6 Å². The van der Waals surface area contributed by atoms with Crippen molar-refractivity contribution in [1.82, 2.24) is 0 Å². The Bertz CT molecular complexity index is 1590. The summed E-state index contributed by atoms with van der Waals surface area (Å²) in [4.78, 5) is 38.3. The van der Waals surface area contributed by atoms with E-state index in [1.807, 2.05) is 0 Å². The molecule has 0 aliphatic rings. The Balaban J connectivity index is 4.38. The minimum Gasteiger partial charge on any atom is -0.462 e. The molecule has 6 nitrogen and oxygen atoms in total. The van der Waals surface area contributed by atoms with Crippen LogP contribution in [-0.4, -0.2) is 37.2 Å². The predicted molar refractivity (Wildman–Crippen MR) is 330 cm³/mol. The molecule has 0 heterocycles. The van der Waals surface area contributed by atoms with Gasteiger partial charge in [0.15, 0.2) is 6.10 Å². The molecular weight excluding hydrogens is 937 g/mol. The van der Waals surface area contributed by atoms with E-state index < -0.39 is 6.10 Å². The zero-order chi connectivity index (χ0) is 55.0. The maximum Gasteiger partial charge on any atom is 0.306 e. The quantitative estimate of drug-likeness (QED) is 0.0261. The van der Waals surface area contributed by atoms with Crippen molar-refractivity contribution >= 4 is 17.9 Å². The predicted octanol–water partition coefficient (Wildman–Crippen LogP) is 21.6. The van der Waals surface area contributed by atoms with Crippen LogP contribution in [0.15, 0.2) is 122 Å². The first kappa shape index (κ1) is 71.8. The third-order valence-corrected chi connectivity index (χ3v) is 13.2. The molecule has 0 amide bonds. The van der Waals surface area contributed by atoms with Gasteiger partial charge < -0.3 is 14.2 Å². The molecule has 0 aromatic carbocycles. The van der Waals surface area contributed by atoms with Gasteiger partial charge in [-0.2, -0.15) is 0 Å². The van der Waals surface area contributed by atoms with Crippen LogP contribution in [0.4, 0.5) is 0 Å². The van der Waals surface area contributed by atoms with E-state index in [0.29, 0.717) is 19.3 Å². The topological polar surface area (TPSA) is 78.9 Å². The zero-order valence-electron chi connectivity index (χ0n) is 49.5. The van der Waals surface area contributed by atoms with Crippen LogP contribution in [0.2, 0.25) is 0 Å². The summed E-state index contributed by atoms with van der Waals surface area (Å²) in [6.07, 6.45) is 87.7. The van der Waals surface area contributed by atoms with E-state index >= 15 is 0 Å². The fourth-order valence-electron chi connectivity index (χ4n) is 8.56. The first-order valence-electron chi connectivity index (χ1n) is 31.5. The number of esters is 3. The monoisotopic (exact) mass is 1050 g/mol. The van der Waals surface area contributed by atoms with Crippen LogP contribution >= 0.6 is 0 Å². The lowest BCUT2D eigenvalue weighted by Crippen LogP contribution is -2.30. The Morgan fingerprint density at radius 1 is 0.276 bits per heavy atom. The second-order valence-electron chi connectivity index (χ2n) is 20.6. The summed E-state index contributed by atoms with van der Waals surface area (Å²) in [5.41, 5.74) is 0. The van der Waals surface area contributed by atoms with E-state index in [-0.39, 0.29) is 31.1 Å². The van der Waals surface area contributed by atoms with Gasteiger partial charge in [0.05, 0.1) is 0 Å². The summed E-state index contributed by atoms with van der Waals surface area (Å²) >= 11 is 0. The fourth-order valence-corrected chi connectivity index (χ4v) is 8.56. The molecule has 0 aromatic rings. The Morgan fingerprint density at radius 2 is 0.513 bits per heavy atom. The molecule has 0 saturated heterocycles. The van der Waals surface area contributed by atoms with Crippen molar-refractivity contribution in [1.29, 1.82) is 0 Å². The third-order valence-electron chi connectivity index (χ3n) is 13.2. The van der Waals surface area contributed by atoms with E-state index in [0.717, 1.165) is 141 Å². The van der Waals surface area contributed by atoms with Gasteiger partial charge in [-0.15, -0.1) is 0 Å². The first-order valence-corrected chi connectivity index (χ1v) is 31.5. The van der Waals surface area contributed by atoms with Gasteiger partial charge in [0.25, 0.3) is 0 Å². The van der Waals surface area contributed by atoms with Gasteiger partial charge in [0.1, 0.15) is 13.2 Å². The second-order valence-corrected chi connectivity index (χ2v) is 20.6. The summed E-state index contributed by atoms with van der Waals surface area (Å²) in [7, 11) is 0. The van der Waals surface area contributed by atoms with Crippen molar-refractivity contribution in [2.45, 2.75) is 290 Å². The van der Waals surface area contributed by atoms with E-state index in [9.17, 15) is 14.4 Å². The third kappa shape index (κ3) is 60.7. The molecule has 1 atom stereocenters. The summed E-state index contributed by atoms with van der Waals surface area (Å²) < 4.78 is 16.9. The highest BCUT2D eigenvalue weighted by Crippen LogP contribution is 2.16. The molecule has 0 bridgehead atoms. The van der Waals surface area contributed by atoms with Crippen molar-refractivity contribution in [3.8, 4) is 0 Å². The molecule has 6 heteroatoms. The molecule has 0 saturated carbocycles. The highest BCUT2D eigenvalue weighted by atomic mass is 16.6. The van der Waals surface area contributed by atoms with E-state index in [2.05, 4.69) is 142 Å². The normalized spacial score (nSPS) is 12.9. The van der Waals surface area contributed by atoms with Crippen LogP contribution in [0.25, 0.3) is 0 Å². The molecule has 0 N–H and O–H groups in total. The van der Waals surface area contributed by atoms with Crippen LogP contribution < -0.4 is 0 Å². The summed E-state index contributed by atoms with van der Waals surface area (Å²) in [5.74, 6) is -0.918. The van der Waals surface area contributed by atoms with Crippen LogP contribution in [0.1, 0.15) is 284 Å². The summed E-state index contributed by atoms with van der Waals surface area (Å²) in [6, 6.07) is 0. The minimum absolute atomic E-state index is 0.0906. The molecule has 0 rings (SSSR count). The largest absolute Gasteiger partial charge is 0.462 e. The number of hydrogen-bond acceptors (Lipinski definition) is 6. The van der Waals surface area contributed by atoms with Gasteiger partial charge in [0, 0.05) is 19.3 Å². The molecule has 432 valence electrons. The molecule has 0 aliphatic carbocycles. The van der Waals surface area contributed by atoms with Gasteiger partial charge in [-0.1, -0.05) is 277 Å². The Hall–Kier alpha value is -4.19. The van der Waals surface area contributed by atoms with Crippen LogP contribution in [0.3, 0.4) is 0 Å². The SMILES string of the molecule is CC/C=C\C/C=C\C/C=C\C/C=C\C/C=C\C/C=C\CCCCCCCCCCC(=O)OCC(COC(=O)CCCCCCCCCCCCCCCC)OC(=O)CCCCCC/C=C\C/C=C\C/C=C\C/C=C\CC. The lowest BCUT2D eigenvalue weighted by molar-refractivity contribution is -0.167. The molecule has 0 radical (unpaired) electrons. The summed E-state index contributed by atoms with van der Waals surface area (Å²) in [6.45, 7) is 6.40. The van der Waals surface area contributed by atoms with E-state index in [1.54, 1.807) is 0 Å². The molecule has 76 heavy (non-hydrogen) atoms. The zero-order valence-corrected chi connectivity index (χ0v) is 49.5. The molecule has 0 fully saturated rings. The first-order chi connectivity index (χ1) is 37.5. The average molecular weight is 1050 g/mol. The number of allylic oxidation sites excluding steroid dienone is 20. The lowest BCUT2D eigenvalue weighted by atomic mass is 10.0. The van der Waals surface area contributed by atoms with Gasteiger partial charge in [-0.25, -0.2) is 0 Å². The molecule has 1 unspecified atom stereocenters. The molecule has 0 aromatic heterocycles. The Kier molecular flexibility index (Phi) is 59.9. The maximum absolute atomic E-state index is 12.9. The average Bonchev–Trinajstić information content (AvgIpc) is 3.42. The van der Waals surface area contributed by atoms with Crippen molar-refractivity contribution in [3.05, 3.63) is 122 Å². The van der Waals surface area contributed by atoms with Crippen molar-refractivity contribution in [3.63, 3.8) is 0 Å². The lowest BCUT2D eigenvalue weighted by Gasteiger charge is -2.18. The van der Waals surface area contributed by atoms with Gasteiger partial charge in [0.2, 0.25) is 0 Å². The molecular formula is C70H116O6. The van der Waals surface area contributed by atoms with Gasteiger partial charge in [-0.05, 0) is 109 Å². The van der Waals surface area contributed by atoms with Crippen molar-refractivity contribution < 1.29 is 28.6 Å². The van der Waals surface area contributed by atoms with E-state index in [1.165, 1.54) is 103 Å². The van der Waals surface area contributed by atoms with Crippen molar-refractivity contribution in [2.75, 3.05) is 13.2 Å². The number of carbonyl (C=O) groups is 3. The fraction of sp³-hybridized carbons (Fsp3) is 0.671. The number of rotatable bonds is 56. The van der Waals surface area contributed by atoms with Gasteiger partial charge in [-0.3, -0.25) is 14.4 Å². The minimum atomic E-state index is -0.797. The Morgan fingerprint density at radius 3 is 0.803 bits per heavy atom. The van der Waals surface area contributed by atoms with Crippen molar-refractivity contribution in [2.24, 2.45) is 0 Å². The number of hydrogen-bond donors (Lipinski definition) is 0. The number of unbranched alkanes of at least 4 members (excludes halogenated alkanes) is 25. The van der Waals surface area contributed by atoms with Gasteiger partial charge >= 0.3 is 17.9 Å². The number of ether oxygens (including phenoxy) is 3. The van der Waals surface area contributed by atoms with Crippen LogP contribution in [0.5, 0.6) is 0 Å².